The standard InChI is InChI=1S/C40H28/c1-25-14-18-29(19-15-25)37-32-23-22-31(27-8-4-3-5-9-27)24-35(32)38(30-20-16-26(2)17-21-30)40-34-13-7-11-28-10-6-12-33(36(28)34)39(37)40/h3-24H,1-2H3. The van der Waals surface area contributed by atoms with Gasteiger partial charge in [-0.05, 0) is 97.1 Å². The van der Waals surface area contributed by atoms with E-state index in [-0.39, 0.29) is 0 Å². The number of hydrogen-bond acceptors (Lipinski definition) is 0. The molecule has 0 unspecified atom stereocenters. The van der Waals surface area contributed by atoms with Crippen molar-refractivity contribution in [1.29, 1.82) is 0 Å². The first-order valence-corrected chi connectivity index (χ1v) is 14.0. The van der Waals surface area contributed by atoms with Gasteiger partial charge < -0.3 is 0 Å². The van der Waals surface area contributed by atoms with Crippen molar-refractivity contribution in [3.05, 3.63) is 145 Å². The molecule has 0 bridgehead atoms. The average molecular weight is 509 g/mol. The van der Waals surface area contributed by atoms with E-state index in [0.717, 1.165) is 0 Å². The molecule has 0 aromatic heterocycles. The minimum atomic E-state index is 1.24. The number of hydrogen-bond donors (Lipinski definition) is 0. The van der Waals surface area contributed by atoms with Crippen molar-refractivity contribution >= 4 is 21.5 Å². The molecule has 0 N–H and O–H groups in total. The van der Waals surface area contributed by atoms with E-state index in [4.69, 9.17) is 0 Å². The molecule has 8 rings (SSSR count). The SMILES string of the molecule is Cc1ccc(-c2c3c(c(-c4ccc(C)cc4)c4cc(-c5ccccc5)ccc24)-c2cccc4cccc-3c24)cc1. The normalized spacial score (nSPS) is 11.8. The molecule has 188 valence electrons. The van der Waals surface area contributed by atoms with E-state index in [1.54, 1.807) is 0 Å². The summed E-state index contributed by atoms with van der Waals surface area (Å²) in [6.07, 6.45) is 0. The first kappa shape index (κ1) is 23.0. The summed E-state index contributed by atoms with van der Waals surface area (Å²) in [5, 5.41) is 5.25. The summed E-state index contributed by atoms with van der Waals surface area (Å²) in [5.41, 5.74) is 15.6. The Morgan fingerprint density at radius 1 is 0.350 bits per heavy atom. The smallest absolute Gasteiger partial charge is 0.000741 e. The maximum Gasteiger partial charge on any atom is -0.000741 e. The van der Waals surface area contributed by atoms with Crippen molar-refractivity contribution in [3.63, 3.8) is 0 Å². The molecule has 0 heterocycles. The van der Waals surface area contributed by atoms with Crippen molar-refractivity contribution in [2.75, 3.05) is 0 Å². The van der Waals surface area contributed by atoms with E-state index < -0.39 is 0 Å². The van der Waals surface area contributed by atoms with E-state index in [0.29, 0.717) is 0 Å². The van der Waals surface area contributed by atoms with Crippen molar-refractivity contribution < 1.29 is 0 Å². The lowest BCUT2D eigenvalue weighted by Crippen LogP contribution is -1.94. The summed E-state index contributed by atoms with van der Waals surface area (Å²) in [6, 6.07) is 49.5. The molecular weight excluding hydrogens is 480 g/mol. The molecular formula is C40H28. The van der Waals surface area contributed by atoms with Crippen LogP contribution in [0.25, 0.3) is 77.2 Å². The first-order chi connectivity index (χ1) is 19.7. The number of benzene rings is 7. The number of rotatable bonds is 3. The minimum absolute atomic E-state index is 1.24. The Bertz CT molecular complexity index is 2070. The van der Waals surface area contributed by atoms with Gasteiger partial charge in [-0.2, -0.15) is 0 Å². The molecule has 7 aromatic carbocycles. The van der Waals surface area contributed by atoms with Gasteiger partial charge in [0.25, 0.3) is 0 Å². The number of fused-ring (bicyclic) bond motifs is 4. The quantitative estimate of drug-likeness (QED) is 0.223. The van der Waals surface area contributed by atoms with Crippen LogP contribution in [0.4, 0.5) is 0 Å². The molecule has 0 fully saturated rings. The second-order valence-electron chi connectivity index (χ2n) is 11.1. The van der Waals surface area contributed by atoms with E-state index in [2.05, 4.69) is 147 Å². The zero-order valence-corrected chi connectivity index (χ0v) is 22.7. The van der Waals surface area contributed by atoms with Gasteiger partial charge in [0.2, 0.25) is 0 Å². The van der Waals surface area contributed by atoms with Crippen LogP contribution < -0.4 is 0 Å². The van der Waals surface area contributed by atoms with E-state index in [9.17, 15) is 0 Å². The molecule has 0 nitrogen and oxygen atoms in total. The zero-order chi connectivity index (χ0) is 26.8. The first-order valence-electron chi connectivity index (χ1n) is 14.0. The largest absolute Gasteiger partial charge is 0.0622 e. The van der Waals surface area contributed by atoms with Gasteiger partial charge in [0.1, 0.15) is 0 Å². The summed E-state index contributed by atoms with van der Waals surface area (Å²) in [6.45, 7) is 4.33. The molecule has 0 heteroatoms. The summed E-state index contributed by atoms with van der Waals surface area (Å²) < 4.78 is 0. The lowest BCUT2D eigenvalue weighted by molar-refractivity contribution is 1.47. The molecule has 0 saturated carbocycles. The summed E-state index contributed by atoms with van der Waals surface area (Å²) >= 11 is 0. The fourth-order valence-corrected chi connectivity index (χ4v) is 6.64. The Morgan fingerprint density at radius 3 is 1.45 bits per heavy atom. The lowest BCUT2D eigenvalue weighted by atomic mass is 9.81. The highest BCUT2D eigenvalue weighted by Crippen LogP contribution is 2.57. The van der Waals surface area contributed by atoms with Crippen LogP contribution in [0.15, 0.2) is 133 Å². The molecule has 7 aromatic rings. The summed E-state index contributed by atoms with van der Waals surface area (Å²) in [7, 11) is 0. The van der Waals surface area contributed by atoms with Crippen LogP contribution in [-0.4, -0.2) is 0 Å². The lowest BCUT2D eigenvalue weighted by Gasteiger charge is -2.21. The molecule has 0 amide bonds. The Balaban J connectivity index is 1.60. The molecule has 40 heavy (non-hydrogen) atoms. The highest BCUT2D eigenvalue weighted by molar-refractivity contribution is 6.27. The Hall–Kier alpha value is -4.94. The fraction of sp³-hybridized carbons (Fsp3) is 0.0500. The summed E-state index contributed by atoms with van der Waals surface area (Å²) in [5.74, 6) is 0. The number of aryl methyl sites for hydroxylation is 2. The van der Waals surface area contributed by atoms with Crippen LogP contribution in [0, 0.1) is 13.8 Å². The predicted molar refractivity (Wildman–Crippen MR) is 172 cm³/mol. The maximum absolute atomic E-state index is 2.42. The second kappa shape index (κ2) is 8.79. The van der Waals surface area contributed by atoms with Gasteiger partial charge in [0, 0.05) is 0 Å². The van der Waals surface area contributed by atoms with Gasteiger partial charge in [-0.1, -0.05) is 139 Å². The van der Waals surface area contributed by atoms with Gasteiger partial charge in [0.05, 0.1) is 0 Å². The zero-order valence-electron chi connectivity index (χ0n) is 22.7. The van der Waals surface area contributed by atoms with Gasteiger partial charge in [-0.3, -0.25) is 0 Å². The van der Waals surface area contributed by atoms with Crippen LogP contribution in [0.2, 0.25) is 0 Å². The predicted octanol–water partition coefficient (Wildman–Crippen LogP) is 11.3. The van der Waals surface area contributed by atoms with Crippen molar-refractivity contribution in [2.24, 2.45) is 0 Å². The van der Waals surface area contributed by atoms with Crippen LogP contribution >= 0.6 is 0 Å². The third-order valence-corrected chi connectivity index (χ3v) is 8.54. The minimum Gasteiger partial charge on any atom is -0.0622 e. The molecule has 1 aliphatic carbocycles. The highest BCUT2D eigenvalue weighted by Gasteiger charge is 2.30. The topological polar surface area (TPSA) is 0 Å². The van der Waals surface area contributed by atoms with Crippen LogP contribution in [0.3, 0.4) is 0 Å². The monoisotopic (exact) mass is 508 g/mol. The Labute approximate surface area is 235 Å². The molecule has 0 radical (unpaired) electrons. The second-order valence-corrected chi connectivity index (χ2v) is 11.1. The molecule has 0 atom stereocenters. The fourth-order valence-electron chi connectivity index (χ4n) is 6.64. The molecule has 0 spiro atoms. The Kier molecular flexibility index (Phi) is 5.06. The molecule has 0 saturated heterocycles. The average Bonchev–Trinajstić information content (AvgIpc) is 3.33. The van der Waals surface area contributed by atoms with Crippen LogP contribution in [0.5, 0.6) is 0 Å². The van der Waals surface area contributed by atoms with E-state index in [1.807, 2.05) is 0 Å². The molecule has 1 aliphatic rings. The van der Waals surface area contributed by atoms with E-state index >= 15 is 0 Å². The van der Waals surface area contributed by atoms with Gasteiger partial charge in [0.15, 0.2) is 0 Å². The highest BCUT2D eigenvalue weighted by atomic mass is 14.3. The van der Waals surface area contributed by atoms with Crippen LogP contribution in [-0.2, 0) is 0 Å². The van der Waals surface area contributed by atoms with Crippen LogP contribution in [0.1, 0.15) is 11.1 Å². The molecule has 0 aliphatic heterocycles. The third-order valence-electron chi connectivity index (χ3n) is 8.54. The van der Waals surface area contributed by atoms with Gasteiger partial charge in [-0.15, -0.1) is 0 Å². The Morgan fingerprint density at radius 2 is 0.875 bits per heavy atom. The van der Waals surface area contributed by atoms with Gasteiger partial charge >= 0.3 is 0 Å². The summed E-state index contributed by atoms with van der Waals surface area (Å²) in [4.78, 5) is 0. The maximum atomic E-state index is 2.42. The van der Waals surface area contributed by atoms with Crippen molar-refractivity contribution in [3.8, 4) is 55.6 Å². The van der Waals surface area contributed by atoms with Crippen molar-refractivity contribution in [2.45, 2.75) is 13.8 Å². The van der Waals surface area contributed by atoms with Crippen molar-refractivity contribution in [1.82, 2.24) is 0 Å². The van der Waals surface area contributed by atoms with E-state index in [1.165, 1.54) is 88.3 Å². The third kappa shape index (κ3) is 3.39. The van der Waals surface area contributed by atoms with Gasteiger partial charge in [-0.25, -0.2) is 0 Å².